The topological polar surface area (TPSA) is 61.8 Å². The molecule has 0 aliphatic heterocycles. The molecule has 0 aliphatic carbocycles. The lowest BCUT2D eigenvalue weighted by atomic mass is 10.1. The van der Waals surface area contributed by atoms with Gasteiger partial charge in [0.1, 0.15) is 0 Å². The predicted octanol–water partition coefficient (Wildman–Crippen LogP) is 6.12. The van der Waals surface area contributed by atoms with Crippen molar-refractivity contribution in [3.8, 4) is 0 Å². The van der Waals surface area contributed by atoms with Crippen LogP contribution in [0.15, 0.2) is 84.9 Å². The summed E-state index contributed by atoms with van der Waals surface area (Å²) in [6, 6.07) is 25.3. The fourth-order valence-electron chi connectivity index (χ4n) is 2.55. The van der Waals surface area contributed by atoms with Crippen LogP contribution in [-0.2, 0) is 38.0 Å². The van der Waals surface area contributed by atoms with E-state index in [2.05, 4.69) is 0 Å². The van der Waals surface area contributed by atoms with Crippen molar-refractivity contribution in [2.75, 3.05) is 0 Å². The summed E-state index contributed by atoms with van der Waals surface area (Å²) in [4.78, 5) is 11.6. The molecule has 0 radical (unpaired) electrons. The lowest BCUT2D eigenvalue weighted by molar-refractivity contribution is 0.0964. The molecule has 0 unspecified atom stereocenters. The van der Waals surface area contributed by atoms with Gasteiger partial charge in [0.2, 0.25) is 0 Å². The summed E-state index contributed by atoms with van der Waals surface area (Å²) in [5.41, 5.74) is 2.44. The fraction of sp³-hybridized carbons (Fsp3) is 0.136. The van der Waals surface area contributed by atoms with Crippen molar-refractivity contribution in [2.24, 2.45) is 0 Å². The van der Waals surface area contributed by atoms with Gasteiger partial charge < -0.3 is 0 Å². The van der Waals surface area contributed by atoms with E-state index in [0.29, 0.717) is 5.56 Å². The summed E-state index contributed by atoms with van der Waals surface area (Å²) < 4.78 is 29.9. The first-order valence-corrected chi connectivity index (χ1v) is 10.8. The van der Waals surface area contributed by atoms with Crippen LogP contribution in [-0.4, -0.2) is 5.24 Å². The number of benzene rings is 3. The van der Waals surface area contributed by atoms with Crippen LogP contribution in [0.1, 0.15) is 27.0 Å². The highest BCUT2D eigenvalue weighted by molar-refractivity contribution is 7.48. The van der Waals surface area contributed by atoms with Gasteiger partial charge in [0.25, 0.3) is 5.24 Å². The predicted molar refractivity (Wildman–Crippen MR) is 111 cm³/mol. The van der Waals surface area contributed by atoms with Gasteiger partial charge in [-0.1, -0.05) is 78.9 Å². The van der Waals surface area contributed by atoms with Gasteiger partial charge in [-0.3, -0.25) is 18.4 Å². The van der Waals surface area contributed by atoms with Gasteiger partial charge in [-0.2, -0.15) is 0 Å². The number of rotatable bonds is 10. The minimum absolute atomic E-state index is 0.0585. The van der Waals surface area contributed by atoms with Gasteiger partial charge in [-0.05, 0) is 34.4 Å². The summed E-state index contributed by atoms with van der Waals surface area (Å²) in [6.07, 6.45) is 0. The van der Waals surface area contributed by atoms with Gasteiger partial charge in [-0.25, -0.2) is 4.57 Å². The molecule has 0 aliphatic rings. The Labute approximate surface area is 174 Å². The Morgan fingerprint density at radius 3 is 1.66 bits per heavy atom. The first-order valence-electron chi connectivity index (χ1n) is 8.95. The second kappa shape index (κ2) is 10.5. The minimum atomic E-state index is -3.92. The third kappa shape index (κ3) is 6.64. The lowest BCUT2D eigenvalue weighted by Crippen LogP contribution is -2.04. The van der Waals surface area contributed by atoms with Gasteiger partial charge in [0, 0.05) is 5.56 Å². The lowest BCUT2D eigenvalue weighted by Gasteiger charge is -2.19. The number of hydrogen-bond acceptors (Lipinski definition) is 5. The Morgan fingerprint density at radius 2 is 1.14 bits per heavy atom. The van der Waals surface area contributed by atoms with E-state index >= 15 is 0 Å². The smallest absolute Gasteiger partial charge is 0.282 e. The number of phosphoric ester groups is 1. The average Bonchev–Trinajstić information content (AvgIpc) is 2.77. The van der Waals surface area contributed by atoms with Crippen molar-refractivity contribution in [2.45, 2.75) is 19.8 Å². The zero-order valence-electron chi connectivity index (χ0n) is 15.6. The standard InChI is InChI=1S/C22H20ClO5P/c23-22(24)21-14-8-7-13-20(21)17-28-29(25,26-15-18-9-3-1-4-10-18)27-16-19-11-5-2-6-12-19/h1-14H,15-17H2. The second-order valence-corrected chi connectivity index (χ2v) is 8.18. The SMILES string of the molecule is O=C(Cl)c1ccccc1COP(=O)(OCc1ccccc1)OCc1ccccc1. The van der Waals surface area contributed by atoms with E-state index in [0.717, 1.165) is 11.1 Å². The molecule has 5 nitrogen and oxygen atoms in total. The summed E-state index contributed by atoms with van der Waals surface area (Å²) in [5, 5.41) is -0.616. The molecular formula is C22H20ClO5P. The van der Waals surface area contributed by atoms with Crippen LogP contribution in [0.3, 0.4) is 0 Å². The van der Waals surface area contributed by atoms with Crippen LogP contribution >= 0.6 is 19.4 Å². The zero-order valence-corrected chi connectivity index (χ0v) is 17.2. The van der Waals surface area contributed by atoms with E-state index in [1.54, 1.807) is 24.3 Å². The van der Waals surface area contributed by atoms with Crippen LogP contribution < -0.4 is 0 Å². The van der Waals surface area contributed by atoms with E-state index in [9.17, 15) is 9.36 Å². The molecule has 0 spiro atoms. The van der Waals surface area contributed by atoms with Crippen LogP contribution in [0.4, 0.5) is 0 Å². The van der Waals surface area contributed by atoms with Crippen LogP contribution in [0.5, 0.6) is 0 Å². The summed E-state index contributed by atoms with van der Waals surface area (Å²) in [7, 11) is -3.92. The molecule has 0 N–H and O–H groups in total. The third-order valence-electron chi connectivity index (χ3n) is 4.07. The van der Waals surface area contributed by atoms with Crippen LogP contribution in [0.2, 0.25) is 0 Å². The van der Waals surface area contributed by atoms with Gasteiger partial charge in [-0.15, -0.1) is 0 Å². The second-order valence-electron chi connectivity index (χ2n) is 6.17. The maximum absolute atomic E-state index is 13.2. The number of carbonyl (C=O) groups is 1. The first-order chi connectivity index (χ1) is 14.1. The van der Waals surface area contributed by atoms with E-state index in [-0.39, 0.29) is 25.4 Å². The van der Waals surface area contributed by atoms with Crippen molar-refractivity contribution in [3.63, 3.8) is 0 Å². The Morgan fingerprint density at radius 1 is 0.690 bits per heavy atom. The molecule has 150 valence electrons. The van der Waals surface area contributed by atoms with Crippen molar-refractivity contribution in [3.05, 3.63) is 107 Å². The Balaban J connectivity index is 1.72. The Bertz CT molecular complexity index is 931. The molecule has 3 aromatic carbocycles. The number of halogens is 1. The van der Waals surface area contributed by atoms with E-state index in [1.807, 2.05) is 60.7 Å². The highest BCUT2D eigenvalue weighted by Gasteiger charge is 2.28. The van der Waals surface area contributed by atoms with Crippen molar-refractivity contribution >= 4 is 24.7 Å². The monoisotopic (exact) mass is 430 g/mol. The highest BCUT2D eigenvalue weighted by Crippen LogP contribution is 2.51. The molecule has 0 atom stereocenters. The highest BCUT2D eigenvalue weighted by atomic mass is 35.5. The maximum Gasteiger partial charge on any atom is 0.475 e. The largest absolute Gasteiger partial charge is 0.475 e. The van der Waals surface area contributed by atoms with Gasteiger partial charge >= 0.3 is 7.82 Å². The molecule has 0 saturated carbocycles. The molecular weight excluding hydrogens is 411 g/mol. The fourth-order valence-corrected chi connectivity index (χ4v) is 3.87. The first kappa shape index (κ1) is 21.4. The van der Waals surface area contributed by atoms with E-state index < -0.39 is 13.1 Å². The minimum Gasteiger partial charge on any atom is -0.282 e. The van der Waals surface area contributed by atoms with E-state index in [1.165, 1.54) is 0 Å². The maximum atomic E-state index is 13.2. The molecule has 3 rings (SSSR count). The Hall–Kier alpha value is -2.27. The third-order valence-corrected chi connectivity index (χ3v) is 5.61. The van der Waals surface area contributed by atoms with Crippen LogP contribution in [0, 0.1) is 0 Å². The number of carbonyl (C=O) groups excluding carboxylic acids is 1. The van der Waals surface area contributed by atoms with Crippen molar-refractivity contribution < 1.29 is 22.9 Å². The quantitative estimate of drug-likeness (QED) is 0.286. The summed E-state index contributed by atoms with van der Waals surface area (Å²) in [5.74, 6) is 0. The molecule has 0 aromatic heterocycles. The summed E-state index contributed by atoms with van der Waals surface area (Å²) in [6.45, 7) is -0.0263. The molecule has 0 heterocycles. The zero-order chi connectivity index (χ0) is 20.5. The molecule has 0 saturated heterocycles. The van der Waals surface area contributed by atoms with E-state index in [4.69, 9.17) is 25.2 Å². The van der Waals surface area contributed by atoms with Crippen molar-refractivity contribution in [1.29, 1.82) is 0 Å². The molecule has 7 heteroatoms. The molecule has 0 bridgehead atoms. The van der Waals surface area contributed by atoms with Crippen molar-refractivity contribution in [1.82, 2.24) is 0 Å². The molecule has 0 amide bonds. The molecule has 0 fully saturated rings. The average molecular weight is 431 g/mol. The number of phosphoric acid groups is 1. The van der Waals surface area contributed by atoms with Crippen LogP contribution in [0.25, 0.3) is 0 Å². The Kier molecular flexibility index (Phi) is 7.76. The van der Waals surface area contributed by atoms with Gasteiger partial charge in [0.15, 0.2) is 0 Å². The molecule has 29 heavy (non-hydrogen) atoms. The number of hydrogen-bond donors (Lipinski definition) is 0. The molecule has 3 aromatic rings. The van der Waals surface area contributed by atoms with Gasteiger partial charge in [0.05, 0.1) is 19.8 Å². The normalized spacial score (nSPS) is 11.3. The summed E-state index contributed by atoms with van der Waals surface area (Å²) >= 11 is 5.61.